The zero-order valence-electron chi connectivity index (χ0n) is 40.3. The number of benzene rings is 6. The number of aromatic hydroxyl groups is 1. The van der Waals surface area contributed by atoms with Gasteiger partial charge in [0, 0.05) is 41.4 Å². The van der Waals surface area contributed by atoms with E-state index in [2.05, 4.69) is 62.1 Å². The second-order valence-corrected chi connectivity index (χ2v) is 18.3. The number of esters is 3. The van der Waals surface area contributed by atoms with Gasteiger partial charge in [0.15, 0.2) is 5.75 Å². The summed E-state index contributed by atoms with van der Waals surface area (Å²) in [6.45, 7) is 5.35. The molecule has 1 aromatic heterocycles. The molecule has 2 amide bonds. The molecule has 1 unspecified atom stereocenters. The Morgan fingerprint density at radius 2 is 1.13 bits per heavy atom. The van der Waals surface area contributed by atoms with Crippen LogP contribution in [-0.4, -0.2) is 91.6 Å². The van der Waals surface area contributed by atoms with Gasteiger partial charge in [0.2, 0.25) is 0 Å². The predicted molar refractivity (Wildman–Crippen MR) is 290 cm³/mol. The summed E-state index contributed by atoms with van der Waals surface area (Å²) in [5.41, 5.74) is 17.0. The largest absolute Gasteiger partial charge is 0.502 e. The van der Waals surface area contributed by atoms with Crippen LogP contribution in [0.1, 0.15) is 47.1 Å². The lowest BCUT2D eigenvalue weighted by atomic mass is 9.90. The van der Waals surface area contributed by atoms with E-state index in [1.807, 2.05) is 18.2 Å². The van der Waals surface area contributed by atoms with Crippen LogP contribution in [0.5, 0.6) is 5.75 Å². The number of fused-ring (bicyclic) bond motifs is 3. The Hall–Kier alpha value is -8.49. The van der Waals surface area contributed by atoms with E-state index in [0.29, 0.717) is 57.7 Å². The Labute approximate surface area is 458 Å². The van der Waals surface area contributed by atoms with Crippen molar-refractivity contribution in [3.8, 4) is 11.4 Å². The average molecular weight is 1220 g/mol. The van der Waals surface area contributed by atoms with Gasteiger partial charge in [-0.2, -0.15) is 9.58 Å². The highest BCUT2D eigenvalue weighted by Gasteiger charge is 2.62. The van der Waals surface area contributed by atoms with Crippen molar-refractivity contribution in [2.45, 2.75) is 26.4 Å². The Morgan fingerprint density at radius 3 is 1.68 bits per heavy atom. The number of anilines is 4. The molecular weight excluding hydrogens is 1180 g/mol. The molecular formula is C54H42Br3N7O12. The Balaban J connectivity index is 0.000000174. The lowest BCUT2D eigenvalue weighted by Gasteiger charge is -2.19. The topological polar surface area (TPSA) is 272 Å². The van der Waals surface area contributed by atoms with Gasteiger partial charge in [-0.25, -0.2) is 14.4 Å². The van der Waals surface area contributed by atoms with Crippen molar-refractivity contribution in [1.82, 2.24) is 4.57 Å². The summed E-state index contributed by atoms with van der Waals surface area (Å²) in [5, 5.41) is 22.0. The van der Waals surface area contributed by atoms with Crippen molar-refractivity contribution in [3.05, 3.63) is 197 Å². The van der Waals surface area contributed by atoms with Crippen molar-refractivity contribution in [3.63, 3.8) is 0 Å². The number of pyridine rings is 1. The number of aliphatic hydroxyl groups is 1. The zero-order valence-corrected chi connectivity index (χ0v) is 45.1. The van der Waals surface area contributed by atoms with Crippen LogP contribution in [-0.2, 0) is 39.0 Å². The van der Waals surface area contributed by atoms with Crippen molar-refractivity contribution < 1.29 is 62.8 Å². The average Bonchev–Trinajstić information content (AvgIpc) is 3.80. The first-order valence-electron chi connectivity index (χ1n) is 22.7. The standard InChI is InChI=1S/C18H14BrN3O4.C18H14BrNO4.C14H8BrNO2.C4H6N2O2/c1-2-26-16(23)15(21-20)18(25)13-5-3-4-6-14(13)22(17(18)24)12-9-7-11(19)8-10-12;1-2-24-18(23)15-13-5-3-4-6-14(13)20(17(22)16(15)21)12-9-7-11(19)8-10-12;15-9-5-7-10(8-6-9)16-12-4-2-1-3-11(12)13(17)14(16)18;1-2-8-4(7)3-6-5/h3-10,25H,2H2,1H3;3-10,21H,2H2,1H3;1-8H;3H,2H2,1H3. The van der Waals surface area contributed by atoms with E-state index in [4.69, 9.17) is 15.0 Å². The predicted octanol–water partition coefficient (Wildman–Crippen LogP) is 9.34. The van der Waals surface area contributed by atoms with Crippen LogP contribution < -0.4 is 15.4 Å². The first-order valence-corrected chi connectivity index (χ1v) is 25.1. The van der Waals surface area contributed by atoms with Gasteiger partial charge < -0.3 is 35.5 Å². The minimum atomic E-state index is -2.45. The number of nitrogens with zero attached hydrogens (tertiary/aromatic N) is 7. The fraction of sp³-hybridized carbons (Fsp3) is 0.130. The molecule has 7 aromatic rings. The van der Waals surface area contributed by atoms with E-state index in [1.54, 1.807) is 142 Å². The number of hydrogen-bond donors (Lipinski definition) is 2. The number of carbonyl (C=O) groups is 6. The first kappa shape index (κ1) is 56.8. The second-order valence-electron chi connectivity index (χ2n) is 15.6. The van der Waals surface area contributed by atoms with Crippen molar-refractivity contribution in [1.29, 1.82) is 0 Å². The molecule has 22 heteroatoms. The lowest BCUT2D eigenvalue weighted by molar-refractivity contribution is -0.147. The number of carbonyl (C=O) groups excluding carboxylic acids is 6. The molecule has 2 N–H and O–H groups in total. The van der Waals surface area contributed by atoms with Crippen LogP contribution in [0.3, 0.4) is 0 Å². The van der Waals surface area contributed by atoms with E-state index < -0.39 is 58.1 Å². The molecule has 0 aliphatic carbocycles. The maximum Gasteiger partial charge on any atom is 0.421 e. The zero-order chi connectivity index (χ0) is 55.3. The van der Waals surface area contributed by atoms with E-state index in [-0.39, 0.29) is 24.3 Å². The summed E-state index contributed by atoms with van der Waals surface area (Å²) in [5.74, 6) is -4.82. The van der Waals surface area contributed by atoms with Crippen molar-refractivity contribution >= 4 is 129 Å². The third kappa shape index (κ3) is 12.0. The number of rotatable bonds is 10. The number of ketones is 1. The van der Waals surface area contributed by atoms with Crippen LogP contribution >= 0.6 is 47.8 Å². The highest BCUT2D eigenvalue weighted by atomic mass is 79.9. The molecule has 2 aliphatic heterocycles. The number of Topliss-reactive ketones (excluding diaryl/α,β-unsaturated/α-hetero) is 1. The Morgan fingerprint density at radius 1 is 0.632 bits per heavy atom. The third-order valence-corrected chi connectivity index (χ3v) is 12.6. The number of aromatic nitrogens is 1. The lowest BCUT2D eigenvalue weighted by Crippen LogP contribution is -2.49. The first-order chi connectivity index (χ1) is 36.5. The molecule has 76 heavy (non-hydrogen) atoms. The van der Waals surface area contributed by atoms with E-state index in [1.165, 1.54) is 20.4 Å². The monoisotopic (exact) mass is 1220 g/mol. The molecule has 9 rings (SSSR count). The summed E-state index contributed by atoms with van der Waals surface area (Å²) in [6.07, 6.45) is 0.698. The maximum atomic E-state index is 13.1. The number of amides is 2. The molecule has 0 radical (unpaired) electrons. The number of hydrogen-bond acceptors (Lipinski definition) is 12. The smallest absolute Gasteiger partial charge is 0.421 e. The maximum absolute atomic E-state index is 13.1. The molecule has 0 spiro atoms. The Kier molecular flexibility index (Phi) is 19.2. The van der Waals surface area contributed by atoms with Gasteiger partial charge in [-0.05, 0) is 118 Å². The highest BCUT2D eigenvalue weighted by molar-refractivity contribution is 9.11. The molecule has 3 heterocycles. The van der Waals surface area contributed by atoms with Crippen molar-refractivity contribution in [2.75, 3.05) is 29.6 Å². The van der Waals surface area contributed by atoms with Crippen LogP contribution in [0.2, 0.25) is 0 Å². The fourth-order valence-electron chi connectivity index (χ4n) is 7.74. The number of ether oxygens (including phenoxy) is 3. The molecule has 386 valence electrons. The SMILES string of the molecule is CCOC(=O)C(=[N+]=[N-])C1(O)C(=O)N(c2ccc(Br)cc2)c2ccccc21.CCOC(=O)C=[N+]=[N-].CCOC(=O)c1c(O)c(=O)n(-c2ccc(Br)cc2)c2ccccc12.O=C1C(=O)N(c2ccc(Br)cc2)c2ccccc21. The van der Waals surface area contributed by atoms with Crippen LogP contribution in [0, 0.1) is 0 Å². The van der Waals surface area contributed by atoms with Gasteiger partial charge in [0.25, 0.3) is 22.9 Å². The number of halogens is 3. The highest BCUT2D eigenvalue weighted by Crippen LogP contribution is 2.45. The minimum absolute atomic E-state index is 0.000195. The van der Waals surface area contributed by atoms with Crippen LogP contribution in [0.25, 0.3) is 27.7 Å². The third-order valence-electron chi connectivity index (χ3n) is 11.0. The molecule has 2 aliphatic rings. The van der Waals surface area contributed by atoms with E-state index >= 15 is 0 Å². The molecule has 0 fully saturated rings. The fourth-order valence-corrected chi connectivity index (χ4v) is 8.54. The van der Waals surface area contributed by atoms with Crippen LogP contribution in [0.15, 0.2) is 164 Å². The summed E-state index contributed by atoms with van der Waals surface area (Å²) < 4.78 is 18.1. The van der Waals surface area contributed by atoms with Crippen LogP contribution in [0.4, 0.5) is 22.7 Å². The van der Waals surface area contributed by atoms with Crippen molar-refractivity contribution in [2.24, 2.45) is 0 Å². The molecule has 1 atom stereocenters. The molecule has 19 nitrogen and oxygen atoms in total. The second kappa shape index (κ2) is 25.6. The number of para-hydroxylation sites is 3. The summed E-state index contributed by atoms with van der Waals surface area (Å²) in [4.78, 5) is 92.2. The quantitative estimate of drug-likeness (QED) is 0.0324. The van der Waals surface area contributed by atoms with E-state index in [0.717, 1.165) is 13.4 Å². The van der Waals surface area contributed by atoms with Gasteiger partial charge >= 0.3 is 35.7 Å². The summed E-state index contributed by atoms with van der Waals surface area (Å²) >= 11 is 10.0. The molecule has 0 bridgehead atoms. The van der Waals surface area contributed by atoms with Gasteiger partial charge in [-0.1, -0.05) is 96.3 Å². The van der Waals surface area contributed by atoms with Gasteiger partial charge in [-0.15, -0.1) is 0 Å². The van der Waals surface area contributed by atoms with Gasteiger partial charge in [0.1, 0.15) is 5.56 Å². The van der Waals surface area contributed by atoms with Gasteiger partial charge in [0.05, 0.1) is 42.3 Å². The van der Waals surface area contributed by atoms with Gasteiger partial charge in [-0.3, -0.25) is 33.5 Å². The summed E-state index contributed by atoms with van der Waals surface area (Å²) in [7, 11) is 0. The van der Waals surface area contributed by atoms with E-state index in [9.17, 15) is 49.3 Å². The molecule has 0 saturated heterocycles. The Bertz CT molecular complexity index is 3540. The summed E-state index contributed by atoms with van der Waals surface area (Å²) in [6, 6.07) is 41.6. The molecule has 6 aromatic carbocycles. The molecule has 0 saturated carbocycles. The normalized spacial score (nSPS) is 13.7. The minimum Gasteiger partial charge on any atom is -0.502 e.